The van der Waals surface area contributed by atoms with E-state index < -0.39 is 0 Å². The van der Waals surface area contributed by atoms with Crippen molar-refractivity contribution in [2.45, 2.75) is 33.6 Å². The molecule has 74 valence electrons. The Morgan fingerprint density at radius 1 is 1.31 bits per heavy atom. The molecule has 2 nitrogen and oxygen atoms in total. The number of aryl methyl sites for hydroxylation is 1. The van der Waals surface area contributed by atoms with Crippen LogP contribution in [0.3, 0.4) is 0 Å². The Labute approximate surface area is 81.1 Å². The van der Waals surface area contributed by atoms with Gasteiger partial charge in [-0.05, 0) is 12.5 Å². The third-order valence-electron chi connectivity index (χ3n) is 1.61. The molecule has 0 radical (unpaired) electrons. The van der Waals surface area contributed by atoms with Crippen molar-refractivity contribution in [2.75, 3.05) is 7.11 Å². The fraction of sp³-hybridized carbons (Fsp3) is 0.545. The molecular formula is C11H20NO+. The lowest BCUT2D eigenvalue weighted by atomic mass is 10.2. The molecule has 1 aromatic heterocycles. The highest BCUT2D eigenvalue weighted by atomic mass is 16.6. The third-order valence-corrected chi connectivity index (χ3v) is 1.61. The molecule has 0 saturated heterocycles. The maximum Gasteiger partial charge on any atom is 0.234 e. The summed E-state index contributed by atoms with van der Waals surface area (Å²) in [6, 6.07) is 6.07. The topological polar surface area (TPSA) is 13.1 Å². The number of rotatable bonds is 3. The van der Waals surface area contributed by atoms with Gasteiger partial charge >= 0.3 is 0 Å². The molecule has 0 N–H and O–H groups in total. The summed E-state index contributed by atoms with van der Waals surface area (Å²) >= 11 is 0. The van der Waals surface area contributed by atoms with Crippen LogP contribution in [0.5, 0.6) is 0 Å². The van der Waals surface area contributed by atoms with Crippen molar-refractivity contribution < 1.29 is 9.57 Å². The summed E-state index contributed by atoms with van der Waals surface area (Å²) in [6.45, 7) is 6.16. The first-order valence-electron chi connectivity index (χ1n) is 4.92. The molecule has 0 atom stereocenters. The van der Waals surface area contributed by atoms with Crippen molar-refractivity contribution in [3.63, 3.8) is 0 Å². The van der Waals surface area contributed by atoms with Crippen LogP contribution in [0.15, 0.2) is 24.4 Å². The molecule has 0 aliphatic carbocycles. The molecule has 0 unspecified atom stereocenters. The van der Waals surface area contributed by atoms with Crippen LogP contribution >= 0.6 is 0 Å². The predicted molar refractivity (Wildman–Crippen MR) is 54.5 cm³/mol. The van der Waals surface area contributed by atoms with E-state index in [0.29, 0.717) is 0 Å². The minimum atomic E-state index is 1.06. The van der Waals surface area contributed by atoms with Crippen LogP contribution in [0.1, 0.15) is 32.9 Å². The largest absolute Gasteiger partial charge is 0.274 e. The van der Waals surface area contributed by atoms with E-state index in [4.69, 9.17) is 4.84 Å². The second kappa shape index (κ2) is 7.59. The lowest BCUT2D eigenvalue weighted by Gasteiger charge is -1.96. The highest BCUT2D eigenvalue weighted by Crippen LogP contribution is 1.94. The summed E-state index contributed by atoms with van der Waals surface area (Å²) in [6.07, 6.45) is 4.13. The molecule has 0 spiro atoms. The van der Waals surface area contributed by atoms with Crippen LogP contribution in [0.25, 0.3) is 0 Å². The molecule has 0 aliphatic rings. The summed E-state index contributed by atoms with van der Waals surface area (Å²) in [7, 11) is 1.68. The van der Waals surface area contributed by atoms with E-state index in [2.05, 4.69) is 13.0 Å². The van der Waals surface area contributed by atoms with Crippen molar-refractivity contribution in [1.29, 1.82) is 0 Å². The Kier molecular flexibility index (Phi) is 6.98. The number of nitrogens with zero attached hydrogens (tertiary/aromatic N) is 1. The minimum absolute atomic E-state index is 1.06. The number of hydrogen-bond donors (Lipinski definition) is 0. The molecular weight excluding hydrogens is 162 g/mol. The summed E-state index contributed by atoms with van der Waals surface area (Å²) in [5.74, 6) is 0. The number of pyridine rings is 1. The van der Waals surface area contributed by atoms with E-state index >= 15 is 0 Å². The molecule has 1 rings (SSSR count). The van der Waals surface area contributed by atoms with Gasteiger partial charge in [0.1, 0.15) is 7.11 Å². The highest BCUT2D eigenvalue weighted by molar-refractivity contribution is 4.96. The second-order valence-corrected chi connectivity index (χ2v) is 2.45. The van der Waals surface area contributed by atoms with Gasteiger partial charge < -0.3 is 0 Å². The van der Waals surface area contributed by atoms with E-state index in [9.17, 15) is 0 Å². The molecule has 0 fully saturated rings. The molecule has 1 heterocycles. The van der Waals surface area contributed by atoms with Gasteiger partial charge in [-0.1, -0.05) is 20.8 Å². The van der Waals surface area contributed by atoms with E-state index in [1.54, 1.807) is 11.8 Å². The number of hydrogen-bond acceptors (Lipinski definition) is 1. The van der Waals surface area contributed by atoms with E-state index in [1.807, 2.05) is 32.2 Å². The first-order chi connectivity index (χ1) is 6.38. The molecule has 0 saturated carbocycles. The maximum absolute atomic E-state index is 5.11. The molecule has 0 aromatic carbocycles. The number of aromatic nitrogens is 1. The first-order valence-corrected chi connectivity index (χ1v) is 4.92. The van der Waals surface area contributed by atoms with Crippen LogP contribution in [-0.4, -0.2) is 7.11 Å². The van der Waals surface area contributed by atoms with Crippen molar-refractivity contribution >= 4 is 0 Å². The van der Waals surface area contributed by atoms with E-state index in [1.165, 1.54) is 5.69 Å². The van der Waals surface area contributed by atoms with Crippen molar-refractivity contribution in [1.82, 2.24) is 0 Å². The molecule has 2 heteroatoms. The van der Waals surface area contributed by atoms with Gasteiger partial charge in [-0.15, -0.1) is 0 Å². The first kappa shape index (κ1) is 11.9. The average Bonchev–Trinajstić information content (AvgIpc) is 2.22. The third kappa shape index (κ3) is 3.92. The average molecular weight is 182 g/mol. The summed E-state index contributed by atoms with van der Waals surface area (Å²) in [5, 5.41) is 0. The fourth-order valence-electron chi connectivity index (χ4n) is 1.09. The Bertz CT molecular complexity index is 223. The normalized spacial score (nSPS) is 8.62. The van der Waals surface area contributed by atoms with Crippen LogP contribution in [0.4, 0.5) is 0 Å². The minimum Gasteiger partial charge on any atom is -0.274 e. The second-order valence-electron chi connectivity index (χ2n) is 2.45. The van der Waals surface area contributed by atoms with Gasteiger partial charge in [-0.25, -0.2) is 0 Å². The maximum atomic E-state index is 5.11. The Hall–Kier alpha value is -1.05. The van der Waals surface area contributed by atoms with Gasteiger partial charge in [0, 0.05) is 23.3 Å². The Morgan fingerprint density at radius 3 is 2.54 bits per heavy atom. The highest BCUT2D eigenvalue weighted by Gasteiger charge is 2.06. The van der Waals surface area contributed by atoms with Crippen LogP contribution in [0.2, 0.25) is 0 Å². The van der Waals surface area contributed by atoms with Gasteiger partial charge in [-0.2, -0.15) is 0 Å². The fourth-order valence-corrected chi connectivity index (χ4v) is 1.09. The molecule has 1 aromatic rings. The van der Waals surface area contributed by atoms with Gasteiger partial charge in [0.2, 0.25) is 11.9 Å². The van der Waals surface area contributed by atoms with Crippen LogP contribution in [0, 0.1) is 0 Å². The Balaban J connectivity index is 0.000000671. The Morgan fingerprint density at radius 2 is 2.00 bits per heavy atom. The summed E-state index contributed by atoms with van der Waals surface area (Å²) in [4.78, 5) is 5.11. The lowest BCUT2D eigenvalue weighted by molar-refractivity contribution is -0.890. The quantitative estimate of drug-likeness (QED) is 0.652. The van der Waals surface area contributed by atoms with Gasteiger partial charge in [0.15, 0.2) is 0 Å². The predicted octanol–water partition coefficient (Wildman–Crippen LogP) is 2.01. The zero-order valence-corrected chi connectivity index (χ0v) is 9.08. The van der Waals surface area contributed by atoms with Crippen molar-refractivity contribution in [3.05, 3.63) is 30.1 Å². The monoisotopic (exact) mass is 182 g/mol. The van der Waals surface area contributed by atoms with E-state index in [0.717, 1.165) is 12.8 Å². The van der Waals surface area contributed by atoms with E-state index in [-0.39, 0.29) is 0 Å². The summed E-state index contributed by atoms with van der Waals surface area (Å²) < 4.78 is 1.80. The SMILES string of the molecule is CC.CCCc1cccc[n+]1OC. The zero-order chi connectivity index (χ0) is 10.1. The van der Waals surface area contributed by atoms with Crippen molar-refractivity contribution in [3.8, 4) is 0 Å². The molecule has 13 heavy (non-hydrogen) atoms. The standard InChI is InChI=1S/C9H14NO.C2H6/c1-3-6-9-7-4-5-8-10(9)11-2;1-2/h4-5,7-8H,3,6H2,1-2H3;1-2H3/q+1;. The van der Waals surface area contributed by atoms with Crippen molar-refractivity contribution in [2.24, 2.45) is 0 Å². The van der Waals surface area contributed by atoms with Gasteiger partial charge in [0.25, 0.3) is 0 Å². The van der Waals surface area contributed by atoms with Crippen LogP contribution < -0.4 is 9.57 Å². The molecule has 0 amide bonds. The van der Waals surface area contributed by atoms with Gasteiger partial charge in [0.05, 0.1) is 0 Å². The lowest BCUT2D eigenvalue weighted by Crippen LogP contribution is -2.43. The molecule has 0 bridgehead atoms. The smallest absolute Gasteiger partial charge is 0.234 e. The van der Waals surface area contributed by atoms with Gasteiger partial charge in [-0.3, -0.25) is 4.84 Å². The van der Waals surface area contributed by atoms with Crippen LogP contribution in [-0.2, 0) is 6.42 Å². The molecule has 0 aliphatic heterocycles. The zero-order valence-electron chi connectivity index (χ0n) is 9.08. The summed E-state index contributed by atoms with van der Waals surface area (Å²) in [5.41, 5.74) is 1.22.